The number of piperazine rings is 1. The summed E-state index contributed by atoms with van der Waals surface area (Å²) in [5.41, 5.74) is 1.42. The molecule has 1 saturated carbocycles. The Hall–Kier alpha value is -1.65. The molecule has 1 aromatic heterocycles. The Morgan fingerprint density at radius 2 is 1.65 bits per heavy atom. The van der Waals surface area contributed by atoms with Gasteiger partial charge in [0.1, 0.15) is 5.82 Å². The summed E-state index contributed by atoms with van der Waals surface area (Å²) in [5.74, 6) is 2.06. The highest BCUT2D eigenvalue weighted by Gasteiger charge is 2.27. The van der Waals surface area contributed by atoms with Crippen molar-refractivity contribution >= 4 is 0 Å². The lowest BCUT2D eigenvalue weighted by molar-refractivity contribution is 0.124. The second-order valence-corrected chi connectivity index (χ2v) is 6.86. The molecule has 0 amide bonds. The highest BCUT2D eigenvalue weighted by atomic mass is 15.3. The number of rotatable bonds is 6. The number of benzene rings is 1. The van der Waals surface area contributed by atoms with Crippen LogP contribution in [0.25, 0.3) is 0 Å². The number of hydrogen-bond donors (Lipinski definition) is 0. The quantitative estimate of drug-likeness (QED) is 0.819. The first-order valence-electron chi connectivity index (χ1n) is 8.88. The summed E-state index contributed by atoms with van der Waals surface area (Å²) in [4.78, 5) is 9.70. The fourth-order valence-corrected chi connectivity index (χ4v) is 3.47. The predicted octanol–water partition coefficient (Wildman–Crippen LogP) is 2.58. The first-order chi connectivity index (χ1) is 11.4. The normalized spacial score (nSPS) is 20.0. The minimum absolute atomic E-state index is 0.743. The van der Waals surface area contributed by atoms with E-state index >= 15 is 0 Å². The maximum absolute atomic E-state index is 4.54. The van der Waals surface area contributed by atoms with E-state index in [-0.39, 0.29) is 0 Å². The summed E-state index contributed by atoms with van der Waals surface area (Å²) in [7, 11) is 0. The molecule has 4 nitrogen and oxygen atoms in total. The summed E-state index contributed by atoms with van der Waals surface area (Å²) in [6.07, 6.45) is 6.77. The monoisotopic (exact) mass is 310 g/mol. The van der Waals surface area contributed by atoms with E-state index < -0.39 is 0 Å². The van der Waals surface area contributed by atoms with Crippen molar-refractivity contribution in [3.63, 3.8) is 0 Å². The zero-order valence-corrected chi connectivity index (χ0v) is 13.8. The van der Waals surface area contributed by atoms with Crippen molar-refractivity contribution in [1.82, 2.24) is 19.4 Å². The maximum Gasteiger partial charge on any atom is 0.111 e. The molecule has 1 aromatic carbocycles. The van der Waals surface area contributed by atoms with E-state index in [4.69, 9.17) is 0 Å². The standard InChI is InChI=1S/C19H26N4/c1-2-4-17(5-3-1)16-22-12-10-21(11-13-22)14-15-23-9-8-20-19(23)18-6-7-18/h1-5,8-9,18H,6-7,10-16H2. The van der Waals surface area contributed by atoms with Gasteiger partial charge in [0, 0.05) is 64.1 Å². The predicted molar refractivity (Wildman–Crippen MR) is 92.4 cm³/mol. The average molecular weight is 310 g/mol. The van der Waals surface area contributed by atoms with Crippen LogP contribution in [0.5, 0.6) is 0 Å². The van der Waals surface area contributed by atoms with Crippen LogP contribution < -0.4 is 0 Å². The third-order valence-electron chi connectivity index (χ3n) is 5.06. The minimum atomic E-state index is 0.743. The van der Waals surface area contributed by atoms with Gasteiger partial charge in [0.2, 0.25) is 0 Å². The summed E-state index contributed by atoms with van der Waals surface area (Å²) in [6, 6.07) is 10.8. The molecule has 1 aliphatic carbocycles. The molecule has 2 fully saturated rings. The Balaban J connectivity index is 1.23. The molecule has 1 saturated heterocycles. The Labute approximate surface area is 138 Å². The molecule has 122 valence electrons. The zero-order chi connectivity index (χ0) is 15.5. The molecular weight excluding hydrogens is 284 g/mol. The van der Waals surface area contributed by atoms with E-state index in [0.717, 1.165) is 25.6 Å². The van der Waals surface area contributed by atoms with Crippen LogP contribution in [0.2, 0.25) is 0 Å². The van der Waals surface area contributed by atoms with Gasteiger partial charge in [-0.3, -0.25) is 9.80 Å². The Bertz CT molecular complexity index is 609. The molecule has 0 spiro atoms. The Kier molecular flexibility index (Phi) is 4.44. The van der Waals surface area contributed by atoms with Crippen LogP contribution in [-0.4, -0.2) is 52.1 Å². The highest BCUT2D eigenvalue weighted by molar-refractivity contribution is 5.14. The van der Waals surface area contributed by atoms with E-state index in [0.29, 0.717) is 0 Å². The fraction of sp³-hybridized carbons (Fsp3) is 0.526. The second-order valence-electron chi connectivity index (χ2n) is 6.86. The molecule has 1 aliphatic heterocycles. The lowest BCUT2D eigenvalue weighted by atomic mass is 10.2. The Morgan fingerprint density at radius 3 is 2.39 bits per heavy atom. The van der Waals surface area contributed by atoms with Crippen LogP contribution >= 0.6 is 0 Å². The van der Waals surface area contributed by atoms with Crippen molar-refractivity contribution in [2.24, 2.45) is 0 Å². The van der Waals surface area contributed by atoms with Crippen LogP contribution in [0.4, 0.5) is 0 Å². The lowest BCUT2D eigenvalue weighted by Crippen LogP contribution is -2.46. The van der Waals surface area contributed by atoms with Crippen molar-refractivity contribution < 1.29 is 0 Å². The van der Waals surface area contributed by atoms with Gasteiger partial charge >= 0.3 is 0 Å². The zero-order valence-electron chi connectivity index (χ0n) is 13.8. The molecule has 0 bridgehead atoms. The van der Waals surface area contributed by atoms with Gasteiger partial charge in [-0.15, -0.1) is 0 Å². The number of hydrogen-bond acceptors (Lipinski definition) is 3. The molecule has 4 rings (SSSR count). The summed E-state index contributed by atoms with van der Waals surface area (Å²) in [5, 5.41) is 0. The van der Waals surface area contributed by atoms with Gasteiger partial charge in [-0.2, -0.15) is 0 Å². The molecule has 2 aliphatic rings. The van der Waals surface area contributed by atoms with Crippen LogP contribution in [0.3, 0.4) is 0 Å². The molecule has 0 atom stereocenters. The fourth-order valence-electron chi connectivity index (χ4n) is 3.47. The van der Waals surface area contributed by atoms with Gasteiger partial charge in [-0.25, -0.2) is 4.98 Å². The van der Waals surface area contributed by atoms with Crippen LogP contribution in [0.15, 0.2) is 42.7 Å². The average Bonchev–Trinajstić information content (AvgIpc) is 3.33. The van der Waals surface area contributed by atoms with Crippen molar-refractivity contribution in [3.8, 4) is 0 Å². The molecule has 0 radical (unpaired) electrons. The van der Waals surface area contributed by atoms with Gasteiger partial charge in [-0.1, -0.05) is 30.3 Å². The van der Waals surface area contributed by atoms with Gasteiger partial charge < -0.3 is 4.57 Å². The molecule has 0 unspecified atom stereocenters. The first kappa shape index (κ1) is 14.9. The number of aromatic nitrogens is 2. The minimum Gasteiger partial charge on any atom is -0.333 e. The van der Waals surface area contributed by atoms with E-state index in [1.807, 2.05) is 6.20 Å². The van der Waals surface area contributed by atoms with Crippen molar-refractivity contribution in [2.75, 3.05) is 32.7 Å². The summed E-state index contributed by atoms with van der Waals surface area (Å²) < 4.78 is 2.37. The Morgan fingerprint density at radius 1 is 0.913 bits per heavy atom. The molecular formula is C19H26N4. The van der Waals surface area contributed by atoms with Gasteiger partial charge in [0.25, 0.3) is 0 Å². The first-order valence-corrected chi connectivity index (χ1v) is 8.88. The molecule has 4 heteroatoms. The van der Waals surface area contributed by atoms with Gasteiger partial charge in [-0.05, 0) is 18.4 Å². The summed E-state index contributed by atoms with van der Waals surface area (Å²) >= 11 is 0. The van der Waals surface area contributed by atoms with Crippen molar-refractivity contribution in [2.45, 2.75) is 31.8 Å². The van der Waals surface area contributed by atoms with Crippen molar-refractivity contribution in [1.29, 1.82) is 0 Å². The van der Waals surface area contributed by atoms with E-state index in [1.54, 1.807) is 0 Å². The molecule has 2 heterocycles. The van der Waals surface area contributed by atoms with E-state index in [2.05, 4.69) is 55.9 Å². The van der Waals surface area contributed by atoms with Crippen LogP contribution in [0.1, 0.15) is 30.1 Å². The number of nitrogens with zero attached hydrogens (tertiary/aromatic N) is 4. The molecule has 0 N–H and O–H groups in total. The van der Waals surface area contributed by atoms with Gasteiger partial charge in [0.05, 0.1) is 0 Å². The maximum atomic E-state index is 4.54. The smallest absolute Gasteiger partial charge is 0.111 e. The highest BCUT2D eigenvalue weighted by Crippen LogP contribution is 2.38. The molecule has 23 heavy (non-hydrogen) atoms. The largest absolute Gasteiger partial charge is 0.333 e. The topological polar surface area (TPSA) is 24.3 Å². The third-order valence-corrected chi connectivity index (χ3v) is 5.06. The molecule has 2 aromatic rings. The number of imidazole rings is 1. The van der Waals surface area contributed by atoms with Crippen LogP contribution in [0, 0.1) is 0 Å². The van der Waals surface area contributed by atoms with Gasteiger partial charge in [0.15, 0.2) is 0 Å². The third kappa shape index (κ3) is 3.82. The van der Waals surface area contributed by atoms with E-state index in [9.17, 15) is 0 Å². The second kappa shape index (κ2) is 6.85. The van der Waals surface area contributed by atoms with E-state index in [1.165, 1.54) is 50.4 Å². The lowest BCUT2D eigenvalue weighted by Gasteiger charge is -2.34. The summed E-state index contributed by atoms with van der Waals surface area (Å²) in [6.45, 7) is 8.03. The SMILES string of the molecule is c1ccc(CN2CCN(CCn3ccnc3C3CC3)CC2)cc1. The van der Waals surface area contributed by atoms with Crippen molar-refractivity contribution in [3.05, 3.63) is 54.1 Å². The van der Waals surface area contributed by atoms with Crippen LogP contribution in [-0.2, 0) is 13.1 Å².